The number of H-pyrrole nitrogens is 1. The summed E-state index contributed by atoms with van der Waals surface area (Å²) < 4.78 is 1.96. The number of likely N-dealkylation sites (N-methyl/N-ethyl adjacent to an activating group) is 1. The van der Waals surface area contributed by atoms with Gasteiger partial charge in [0.05, 0.1) is 6.61 Å². The van der Waals surface area contributed by atoms with Crippen molar-refractivity contribution in [3.63, 3.8) is 0 Å². The molecule has 1 aliphatic rings. The molecule has 0 aliphatic carbocycles. The van der Waals surface area contributed by atoms with Crippen LogP contribution in [-0.2, 0) is 13.1 Å². The number of aliphatic hydroxyl groups excluding tert-OH is 1. The zero-order chi connectivity index (χ0) is 29.8. The Morgan fingerprint density at radius 3 is 2.44 bits per heavy atom. The Labute approximate surface area is 252 Å². The number of carbonyl (C=O) groups is 1. The molecule has 6 rings (SSSR count). The molecule has 0 saturated carbocycles. The van der Waals surface area contributed by atoms with E-state index in [0.29, 0.717) is 6.54 Å². The minimum absolute atomic E-state index is 0.0390. The lowest BCUT2D eigenvalue weighted by Crippen LogP contribution is -2.32. The normalized spacial score (nSPS) is 13.3. The van der Waals surface area contributed by atoms with Gasteiger partial charge < -0.3 is 20.3 Å². The lowest BCUT2D eigenvalue weighted by Gasteiger charge is -2.19. The topological polar surface area (TPSA) is 102 Å². The lowest BCUT2D eigenvalue weighted by atomic mass is 10.00. The van der Waals surface area contributed by atoms with Crippen molar-refractivity contribution in [1.82, 2.24) is 29.5 Å². The second-order valence-corrected chi connectivity index (χ2v) is 11.0. The average molecular weight is 578 g/mol. The van der Waals surface area contributed by atoms with Gasteiger partial charge in [0, 0.05) is 73.0 Å². The highest BCUT2D eigenvalue weighted by molar-refractivity contribution is 5.99. The predicted molar refractivity (Wildman–Crippen MR) is 172 cm³/mol. The van der Waals surface area contributed by atoms with Crippen LogP contribution in [0.2, 0.25) is 0 Å². The molecule has 0 bridgehead atoms. The Morgan fingerprint density at radius 1 is 1.00 bits per heavy atom. The van der Waals surface area contributed by atoms with Gasteiger partial charge in [0.15, 0.2) is 0 Å². The van der Waals surface area contributed by atoms with Crippen LogP contribution in [0.25, 0.3) is 44.7 Å². The van der Waals surface area contributed by atoms with Gasteiger partial charge in [-0.3, -0.25) is 9.58 Å². The summed E-state index contributed by atoms with van der Waals surface area (Å²) in [5.74, 6) is 0. The summed E-state index contributed by atoms with van der Waals surface area (Å²) in [4.78, 5) is 24.8. The number of aryl methyl sites for hydroxylation is 1. The second-order valence-electron chi connectivity index (χ2n) is 11.0. The van der Waals surface area contributed by atoms with E-state index in [1.165, 1.54) is 5.56 Å². The third kappa shape index (κ3) is 6.18. The smallest absolute Gasteiger partial charge is 0.321 e. The van der Waals surface area contributed by atoms with E-state index in [0.717, 1.165) is 95.9 Å². The molecule has 9 nitrogen and oxygen atoms in total. The van der Waals surface area contributed by atoms with Crippen molar-refractivity contribution in [2.45, 2.75) is 39.8 Å². The van der Waals surface area contributed by atoms with Crippen molar-refractivity contribution in [2.24, 2.45) is 0 Å². The second kappa shape index (κ2) is 12.8. The molecule has 1 fully saturated rings. The number of rotatable bonds is 10. The molecule has 1 saturated heterocycles. The summed E-state index contributed by atoms with van der Waals surface area (Å²) in [6.07, 6.45) is 6.07. The summed E-state index contributed by atoms with van der Waals surface area (Å²) in [7, 11) is 0. The number of hydrogen-bond acceptors (Lipinski definition) is 5. The monoisotopic (exact) mass is 577 g/mol. The van der Waals surface area contributed by atoms with Gasteiger partial charge in [0.25, 0.3) is 0 Å². The number of nitrogens with one attached hydrogen (secondary N) is 2. The molecule has 0 atom stereocenters. The van der Waals surface area contributed by atoms with Gasteiger partial charge in [-0.2, -0.15) is 5.10 Å². The predicted octanol–water partition coefficient (Wildman–Crippen LogP) is 6.22. The summed E-state index contributed by atoms with van der Waals surface area (Å²) in [5, 5.41) is 18.3. The maximum absolute atomic E-state index is 12.6. The number of aromatic amines is 1. The van der Waals surface area contributed by atoms with Crippen LogP contribution in [0.3, 0.4) is 0 Å². The first-order valence-corrected chi connectivity index (χ1v) is 15.2. The van der Waals surface area contributed by atoms with Crippen molar-refractivity contribution in [3.05, 3.63) is 78.6 Å². The zero-order valence-corrected chi connectivity index (χ0v) is 24.9. The van der Waals surface area contributed by atoms with Crippen molar-refractivity contribution in [1.29, 1.82) is 0 Å². The zero-order valence-electron chi connectivity index (χ0n) is 24.9. The van der Waals surface area contributed by atoms with Gasteiger partial charge >= 0.3 is 6.03 Å². The molecule has 5 aromatic rings. The number of pyridine rings is 1. The standard InChI is InChI=1S/C34H39N7O2/c1-3-39(19-20-42)22-24-7-9-25(10-8-24)31-21-29-28(15-16-35-33(29)37-31)30-23-41(4-2)38-32(30)26-11-13-27(14-12-26)36-34(43)40-17-5-6-18-40/h7-16,21,23,42H,3-6,17-20,22H2,1-2H3,(H,35,37)(H,36,43). The van der Waals surface area contributed by atoms with E-state index in [2.05, 4.69) is 76.6 Å². The summed E-state index contributed by atoms with van der Waals surface area (Å²) >= 11 is 0. The van der Waals surface area contributed by atoms with Gasteiger partial charge in [-0.15, -0.1) is 0 Å². The van der Waals surface area contributed by atoms with Crippen LogP contribution >= 0.6 is 0 Å². The maximum Gasteiger partial charge on any atom is 0.321 e. The van der Waals surface area contributed by atoms with Gasteiger partial charge in [-0.05, 0) is 67.3 Å². The molecule has 1 aliphatic heterocycles. The number of carbonyl (C=O) groups excluding carboxylic acids is 1. The van der Waals surface area contributed by atoms with E-state index in [9.17, 15) is 9.90 Å². The first-order valence-electron chi connectivity index (χ1n) is 15.2. The van der Waals surface area contributed by atoms with E-state index in [1.54, 1.807) is 0 Å². The number of aromatic nitrogens is 4. The number of nitrogens with zero attached hydrogens (tertiary/aromatic N) is 5. The highest BCUT2D eigenvalue weighted by atomic mass is 16.3. The van der Waals surface area contributed by atoms with Gasteiger partial charge in [-0.25, -0.2) is 9.78 Å². The van der Waals surface area contributed by atoms with E-state index >= 15 is 0 Å². The number of benzene rings is 2. The highest BCUT2D eigenvalue weighted by Gasteiger charge is 2.19. The number of hydrogen-bond donors (Lipinski definition) is 3. The van der Waals surface area contributed by atoms with Crippen molar-refractivity contribution in [3.8, 4) is 33.6 Å². The van der Waals surface area contributed by atoms with Gasteiger partial charge in [0.2, 0.25) is 0 Å². The van der Waals surface area contributed by atoms with Crippen molar-refractivity contribution < 1.29 is 9.90 Å². The fourth-order valence-electron chi connectivity index (χ4n) is 5.78. The molecular formula is C34H39N7O2. The van der Waals surface area contributed by atoms with Crippen LogP contribution in [0.4, 0.5) is 10.5 Å². The first kappa shape index (κ1) is 28.6. The Morgan fingerprint density at radius 2 is 1.74 bits per heavy atom. The minimum Gasteiger partial charge on any atom is -0.395 e. The summed E-state index contributed by atoms with van der Waals surface area (Å²) in [6, 6.07) is 20.7. The number of aliphatic hydroxyl groups is 1. The van der Waals surface area contributed by atoms with E-state index < -0.39 is 0 Å². The number of likely N-dealkylation sites (tertiary alicyclic amines) is 1. The van der Waals surface area contributed by atoms with Gasteiger partial charge in [0.1, 0.15) is 11.3 Å². The average Bonchev–Trinajstić information content (AvgIpc) is 3.81. The minimum atomic E-state index is -0.0390. The van der Waals surface area contributed by atoms with Crippen molar-refractivity contribution in [2.75, 3.05) is 38.1 Å². The van der Waals surface area contributed by atoms with Crippen LogP contribution in [0.1, 0.15) is 32.3 Å². The molecule has 3 aromatic heterocycles. The fourth-order valence-corrected chi connectivity index (χ4v) is 5.78. The third-order valence-corrected chi connectivity index (χ3v) is 8.25. The number of fused-ring (bicyclic) bond motifs is 1. The molecule has 2 amide bonds. The van der Waals surface area contributed by atoms with E-state index in [1.807, 2.05) is 40.0 Å². The van der Waals surface area contributed by atoms with Crippen LogP contribution in [0.15, 0.2) is 73.1 Å². The highest BCUT2D eigenvalue weighted by Crippen LogP contribution is 2.37. The maximum atomic E-state index is 12.6. The van der Waals surface area contributed by atoms with Crippen LogP contribution < -0.4 is 5.32 Å². The Balaban J connectivity index is 1.28. The van der Waals surface area contributed by atoms with Gasteiger partial charge in [-0.1, -0.05) is 43.3 Å². The largest absolute Gasteiger partial charge is 0.395 e. The fraction of sp³-hybridized carbons (Fsp3) is 0.324. The number of anilines is 1. The van der Waals surface area contributed by atoms with Crippen LogP contribution in [-0.4, -0.2) is 73.5 Å². The molecule has 0 unspecified atom stereocenters. The molecule has 0 radical (unpaired) electrons. The molecule has 222 valence electrons. The SMILES string of the molecule is CCN(CCO)Cc1ccc(-c2cc3c(-c4cn(CC)nc4-c4ccc(NC(=O)N5CCCC5)cc4)ccnc3[nH]2)cc1. The number of amides is 2. The molecule has 3 N–H and O–H groups in total. The third-order valence-electron chi connectivity index (χ3n) is 8.25. The Kier molecular flexibility index (Phi) is 8.53. The molecule has 2 aromatic carbocycles. The molecule has 43 heavy (non-hydrogen) atoms. The van der Waals surface area contributed by atoms with E-state index in [4.69, 9.17) is 5.10 Å². The lowest BCUT2D eigenvalue weighted by molar-refractivity contribution is 0.197. The van der Waals surface area contributed by atoms with Crippen LogP contribution in [0, 0.1) is 0 Å². The number of urea groups is 1. The molecule has 9 heteroatoms. The molecule has 4 heterocycles. The Bertz CT molecular complexity index is 1680. The van der Waals surface area contributed by atoms with Crippen molar-refractivity contribution >= 4 is 22.8 Å². The quantitative estimate of drug-likeness (QED) is 0.183. The molecule has 0 spiro atoms. The Hall–Kier alpha value is -4.47. The van der Waals surface area contributed by atoms with E-state index in [-0.39, 0.29) is 12.6 Å². The summed E-state index contributed by atoms with van der Waals surface area (Å²) in [6.45, 7) is 9.13. The molecular weight excluding hydrogens is 538 g/mol. The van der Waals surface area contributed by atoms with Crippen LogP contribution in [0.5, 0.6) is 0 Å². The summed E-state index contributed by atoms with van der Waals surface area (Å²) in [5.41, 5.74) is 8.89. The first-order chi connectivity index (χ1) is 21.1.